The molecular weight excluding hydrogens is 164 g/mol. The van der Waals surface area contributed by atoms with Crippen LogP contribution in [0.2, 0.25) is 0 Å². The lowest BCUT2D eigenvalue weighted by Crippen LogP contribution is -2.30. The Morgan fingerprint density at radius 3 is 1.69 bits per heavy atom. The highest BCUT2D eigenvalue weighted by Crippen LogP contribution is 2.48. The van der Waals surface area contributed by atoms with E-state index in [0.29, 0.717) is 11.8 Å². The van der Waals surface area contributed by atoms with E-state index < -0.39 is 0 Å². The second kappa shape index (κ2) is 2.79. The largest absolute Gasteiger partial charge is 0.300 e. The average Bonchev–Trinajstić information content (AvgIpc) is 2.60. The molecule has 0 radical (unpaired) electrons. The summed E-state index contributed by atoms with van der Waals surface area (Å²) < 4.78 is 0. The highest BCUT2D eigenvalue weighted by atomic mass is 16.1. The van der Waals surface area contributed by atoms with Crippen molar-refractivity contribution in [3.63, 3.8) is 0 Å². The normalized spacial score (nSPS) is 41.1. The van der Waals surface area contributed by atoms with Crippen LogP contribution in [-0.2, 0) is 9.59 Å². The van der Waals surface area contributed by atoms with Gasteiger partial charge in [0.2, 0.25) is 0 Å². The van der Waals surface area contributed by atoms with Gasteiger partial charge in [0.1, 0.15) is 11.6 Å². The quantitative estimate of drug-likeness (QED) is 0.602. The number of rotatable bonds is 2. The molecule has 0 spiro atoms. The van der Waals surface area contributed by atoms with Crippen molar-refractivity contribution in [1.82, 2.24) is 0 Å². The molecule has 0 heterocycles. The predicted octanol–water partition coefficient (Wildman–Crippen LogP) is 1.60. The van der Waals surface area contributed by atoms with Crippen LogP contribution >= 0.6 is 0 Å². The minimum atomic E-state index is -0.0208. The molecule has 2 unspecified atom stereocenters. The van der Waals surface area contributed by atoms with Crippen molar-refractivity contribution < 1.29 is 9.59 Å². The van der Waals surface area contributed by atoms with Crippen molar-refractivity contribution in [3.05, 3.63) is 12.2 Å². The van der Waals surface area contributed by atoms with Gasteiger partial charge in [-0.3, -0.25) is 9.59 Å². The summed E-state index contributed by atoms with van der Waals surface area (Å²) in [6.45, 7) is 3.21. The Hall–Kier alpha value is -0.920. The van der Waals surface area contributed by atoms with Crippen molar-refractivity contribution in [2.75, 3.05) is 0 Å². The zero-order valence-corrected chi connectivity index (χ0v) is 7.99. The standard InChI is InChI=1S/C11H14O2/c1-6(12)10-8-3-4-9(5-8)11(10)7(2)13/h3-4,8-11H,5H2,1-2H3/t8?,9?,10-,11-/m1/s1. The van der Waals surface area contributed by atoms with Crippen LogP contribution in [0, 0.1) is 23.7 Å². The van der Waals surface area contributed by atoms with E-state index in [-0.39, 0.29) is 23.4 Å². The van der Waals surface area contributed by atoms with Crippen LogP contribution in [0.5, 0.6) is 0 Å². The van der Waals surface area contributed by atoms with Gasteiger partial charge in [0.05, 0.1) is 0 Å². The summed E-state index contributed by atoms with van der Waals surface area (Å²) in [4.78, 5) is 22.7. The lowest BCUT2D eigenvalue weighted by molar-refractivity contribution is -0.130. The molecule has 2 rings (SSSR count). The molecule has 0 aromatic rings. The molecule has 0 saturated heterocycles. The second-order valence-electron chi connectivity index (χ2n) is 4.22. The summed E-state index contributed by atoms with van der Waals surface area (Å²) in [6, 6.07) is 0. The minimum absolute atomic E-state index is 0.0208. The molecule has 70 valence electrons. The zero-order valence-electron chi connectivity index (χ0n) is 7.99. The Bertz CT molecular complexity index is 262. The maximum atomic E-state index is 11.4. The number of ketones is 2. The second-order valence-corrected chi connectivity index (χ2v) is 4.22. The van der Waals surface area contributed by atoms with Gasteiger partial charge in [-0.2, -0.15) is 0 Å². The number of carbonyl (C=O) groups excluding carboxylic acids is 2. The molecule has 0 N–H and O–H groups in total. The fourth-order valence-corrected chi connectivity index (χ4v) is 2.93. The highest BCUT2D eigenvalue weighted by molar-refractivity contribution is 5.89. The molecule has 4 atom stereocenters. The SMILES string of the molecule is CC(=O)[C@@H]1C2C=CC(C2)[C@H]1C(C)=O. The Kier molecular flexibility index (Phi) is 1.86. The third-order valence-electron chi connectivity index (χ3n) is 3.40. The first-order valence-corrected chi connectivity index (χ1v) is 4.80. The summed E-state index contributed by atoms with van der Waals surface area (Å²) in [7, 11) is 0. The predicted molar refractivity (Wildman–Crippen MR) is 49.1 cm³/mol. The van der Waals surface area contributed by atoms with Gasteiger partial charge in [0.25, 0.3) is 0 Å². The van der Waals surface area contributed by atoms with E-state index in [0.717, 1.165) is 6.42 Å². The van der Waals surface area contributed by atoms with E-state index >= 15 is 0 Å². The van der Waals surface area contributed by atoms with Crippen LogP contribution in [0.3, 0.4) is 0 Å². The number of fused-ring (bicyclic) bond motifs is 2. The molecular formula is C11H14O2. The van der Waals surface area contributed by atoms with Gasteiger partial charge in [-0.25, -0.2) is 0 Å². The number of hydrogen-bond acceptors (Lipinski definition) is 2. The third kappa shape index (κ3) is 1.16. The van der Waals surface area contributed by atoms with Crippen molar-refractivity contribution >= 4 is 11.6 Å². The number of allylic oxidation sites excluding steroid dienone is 2. The van der Waals surface area contributed by atoms with Gasteiger partial charge in [-0.1, -0.05) is 12.2 Å². The zero-order chi connectivity index (χ0) is 9.59. The van der Waals surface area contributed by atoms with Crippen molar-refractivity contribution in [1.29, 1.82) is 0 Å². The van der Waals surface area contributed by atoms with Gasteiger partial charge in [0, 0.05) is 11.8 Å². The van der Waals surface area contributed by atoms with Crippen molar-refractivity contribution in [2.24, 2.45) is 23.7 Å². The summed E-state index contributed by atoms with van der Waals surface area (Å²) in [5.74, 6) is 1.00. The topological polar surface area (TPSA) is 34.1 Å². The lowest BCUT2D eigenvalue weighted by atomic mass is 9.79. The summed E-state index contributed by atoms with van der Waals surface area (Å²) >= 11 is 0. The Balaban J connectivity index is 2.30. The van der Waals surface area contributed by atoms with Crippen LogP contribution in [-0.4, -0.2) is 11.6 Å². The molecule has 2 heteroatoms. The first-order valence-electron chi connectivity index (χ1n) is 4.80. The summed E-state index contributed by atoms with van der Waals surface area (Å²) in [5, 5.41) is 0. The molecule has 2 aliphatic carbocycles. The average molecular weight is 178 g/mol. The van der Waals surface area contributed by atoms with Crippen LogP contribution in [0.4, 0.5) is 0 Å². The molecule has 0 aromatic carbocycles. The molecule has 2 nitrogen and oxygen atoms in total. The fraction of sp³-hybridized carbons (Fsp3) is 0.636. The maximum Gasteiger partial charge on any atom is 0.134 e. The smallest absolute Gasteiger partial charge is 0.134 e. The van der Waals surface area contributed by atoms with Gasteiger partial charge < -0.3 is 0 Å². The number of Topliss-reactive ketones (excluding diaryl/α,β-unsaturated/α-hetero) is 2. The molecule has 0 aliphatic heterocycles. The fourth-order valence-electron chi connectivity index (χ4n) is 2.93. The lowest BCUT2D eigenvalue weighted by Gasteiger charge is -2.23. The maximum absolute atomic E-state index is 11.4. The van der Waals surface area contributed by atoms with Gasteiger partial charge >= 0.3 is 0 Å². The summed E-state index contributed by atoms with van der Waals surface area (Å²) in [5.41, 5.74) is 0. The molecule has 2 bridgehead atoms. The Morgan fingerprint density at radius 1 is 1.00 bits per heavy atom. The van der Waals surface area contributed by atoms with E-state index in [1.165, 1.54) is 0 Å². The van der Waals surface area contributed by atoms with E-state index in [2.05, 4.69) is 12.2 Å². The molecule has 1 fully saturated rings. The summed E-state index contributed by atoms with van der Waals surface area (Å²) in [6.07, 6.45) is 5.22. The van der Waals surface area contributed by atoms with E-state index in [1.807, 2.05) is 0 Å². The van der Waals surface area contributed by atoms with Crippen LogP contribution in [0.1, 0.15) is 20.3 Å². The van der Waals surface area contributed by atoms with Crippen LogP contribution < -0.4 is 0 Å². The van der Waals surface area contributed by atoms with E-state index in [4.69, 9.17) is 0 Å². The van der Waals surface area contributed by atoms with Crippen molar-refractivity contribution in [2.45, 2.75) is 20.3 Å². The van der Waals surface area contributed by atoms with Crippen LogP contribution in [0.15, 0.2) is 12.2 Å². The van der Waals surface area contributed by atoms with Gasteiger partial charge in [-0.05, 0) is 32.1 Å². The monoisotopic (exact) mass is 178 g/mol. The molecule has 0 amide bonds. The number of hydrogen-bond donors (Lipinski definition) is 0. The first kappa shape index (κ1) is 8.67. The molecule has 13 heavy (non-hydrogen) atoms. The van der Waals surface area contributed by atoms with E-state index in [1.54, 1.807) is 13.8 Å². The minimum Gasteiger partial charge on any atom is -0.300 e. The number of carbonyl (C=O) groups is 2. The molecule has 1 saturated carbocycles. The Labute approximate surface area is 78.0 Å². The van der Waals surface area contributed by atoms with Crippen LogP contribution in [0.25, 0.3) is 0 Å². The first-order chi connectivity index (χ1) is 6.11. The van der Waals surface area contributed by atoms with Gasteiger partial charge in [-0.15, -0.1) is 0 Å². The third-order valence-corrected chi connectivity index (χ3v) is 3.40. The Morgan fingerprint density at radius 2 is 1.38 bits per heavy atom. The highest BCUT2D eigenvalue weighted by Gasteiger charge is 2.48. The molecule has 0 aromatic heterocycles. The molecule has 2 aliphatic rings. The van der Waals surface area contributed by atoms with E-state index in [9.17, 15) is 9.59 Å². The van der Waals surface area contributed by atoms with Crippen molar-refractivity contribution in [3.8, 4) is 0 Å². The van der Waals surface area contributed by atoms with Gasteiger partial charge in [0.15, 0.2) is 0 Å².